The molecule has 100 valence electrons. The molecular formula is C15H16ClNO2. The summed E-state index contributed by atoms with van der Waals surface area (Å²) in [6.45, 7) is 0.419. The van der Waals surface area contributed by atoms with Gasteiger partial charge in [0, 0.05) is 11.6 Å². The molecule has 0 bridgehead atoms. The van der Waals surface area contributed by atoms with Crippen molar-refractivity contribution < 1.29 is 9.47 Å². The first-order valence-electron chi connectivity index (χ1n) is 5.91. The fourth-order valence-corrected chi connectivity index (χ4v) is 2.26. The summed E-state index contributed by atoms with van der Waals surface area (Å²) in [7, 11) is 3.27. The molecule has 19 heavy (non-hydrogen) atoms. The smallest absolute Gasteiger partial charge is 0.130 e. The van der Waals surface area contributed by atoms with Crippen LogP contribution in [0.5, 0.6) is 11.5 Å². The van der Waals surface area contributed by atoms with Crippen LogP contribution in [0.2, 0.25) is 5.02 Å². The lowest BCUT2D eigenvalue weighted by Crippen LogP contribution is -1.98. The summed E-state index contributed by atoms with van der Waals surface area (Å²) in [6.07, 6.45) is 0. The molecular weight excluding hydrogens is 262 g/mol. The van der Waals surface area contributed by atoms with Crippen molar-refractivity contribution in [1.82, 2.24) is 0 Å². The van der Waals surface area contributed by atoms with Crippen molar-refractivity contribution in [3.05, 3.63) is 47.0 Å². The molecule has 2 rings (SSSR count). The highest BCUT2D eigenvalue weighted by Crippen LogP contribution is 2.39. The second-order valence-electron chi connectivity index (χ2n) is 4.05. The summed E-state index contributed by atoms with van der Waals surface area (Å²) < 4.78 is 10.8. The highest BCUT2D eigenvalue weighted by atomic mass is 35.5. The maximum Gasteiger partial charge on any atom is 0.130 e. The lowest BCUT2D eigenvalue weighted by Gasteiger charge is -2.14. The summed E-state index contributed by atoms with van der Waals surface area (Å²) in [5.41, 5.74) is 8.36. The molecule has 4 heteroatoms. The molecule has 0 saturated carbocycles. The number of nitrogens with two attached hydrogens (primary N) is 1. The number of halogens is 1. The summed E-state index contributed by atoms with van der Waals surface area (Å²) in [5.74, 6) is 1.49. The van der Waals surface area contributed by atoms with E-state index in [0.717, 1.165) is 28.2 Å². The van der Waals surface area contributed by atoms with E-state index in [4.69, 9.17) is 26.8 Å². The van der Waals surface area contributed by atoms with E-state index in [1.165, 1.54) is 0 Å². The Labute approximate surface area is 117 Å². The van der Waals surface area contributed by atoms with E-state index >= 15 is 0 Å². The van der Waals surface area contributed by atoms with Gasteiger partial charge < -0.3 is 15.2 Å². The Bertz CT molecular complexity index is 562. The molecule has 2 aromatic rings. The minimum Gasteiger partial charge on any atom is -0.496 e. The molecule has 2 aromatic carbocycles. The molecule has 3 nitrogen and oxygen atoms in total. The maximum absolute atomic E-state index is 6.21. The zero-order chi connectivity index (χ0) is 13.8. The minimum atomic E-state index is 0.419. The average molecular weight is 278 g/mol. The number of benzene rings is 2. The van der Waals surface area contributed by atoms with Crippen LogP contribution in [-0.2, 0) is 6.54 Å². The number of methoxy groups -OCH3 is 2. The number of hydrogen-bond acceptors (Lipinski definition) is 3. The molecule has 2 N–H and O–H groups in total. The molecule has 0 saturated heterocycles. The topological polar surface area (TPSA) is 44.5 Å². The maximum atomic E-state index is 6.21. The van der Waals surface area contributed by atoms with E-state index in [0.29, 0.717) is 11.6 Å². The molecule has 0 fully saturated rings. The van der Waals surface area contributed by atoms with Gasteiger partial charge in [-0.3, -0.25) is 0 Å². The highest BCUT2D eigenvalue weighted by molar-refractivity contribution is 6.31. The first-order chi connectivity index (χ1) is 9.21. The monoisotopic (exact) mass is 277 g/mol. The molecule has 0 unspecified atom stereocenters. The van der Waals surface area contributed by atoms with Gasteiger partial charge in [-0.15, -0.1) is 0 Å². The SMILES string of the molecule is COc1cccc(OC)c1-c1ccc(CN)c(Cl)c1. The van der Waals surface area contributed by atoms with Gasteiger partial charge in [-0.1, -0.05) is 29.8 Å². The molecule has 0 spiro atoms. The van der Waals surface area contributed by atoms with Crippen molar-refractivity contribution in [2.45, 2.75) is 6.54 Å². The first-order valence-corrected chi connectivity index (χ1v) is 6.29. The van der Waals surface area contributed by atoms with E-state index in [9.17, 15) is 0 Å². The lowest BCUT2D eigenvalue weighted by atomic mass is 10.0. The Morgan fingerprint density at radius 2 is 1.68 bits per heavy atom. The van der Waals surface area contributed by atoms with Crippen LogP contribution in [0.4, 0.5) is 0 Å². The van der Waals surface area contributed by atoms with Gasteiger partial charge in [0.15, 0.2) is 0 Å². The average Bonchev–Trinajstić information content (AvgIpc) is 2.46. The summed E-state index contributed by atoms with van der Waals surface area (Å²) >= 11 is 6.21. The minimum absolute atomic E-state index is 0.419. The second kappa shape index (κ2) is 5.95. The molecule has 0 aliphatic carbocycles. The largest absolute Gasteiger partial charge is 0.496 e. The normalized spacial score (nSPS) is 10.3. The van der Waals surface area contributed by atoms with Crippen molar-refractivity contribution in [2.75, 3.05) is 14.2 Å². The van der Waals surface area contributed by atoms with Crippen molar-refractivity contribution in [3.63, 3.8) is 0 Å². The van der Waals surface area contributed by atoms with Crippen LogP contribution in [0.15, 0.2) is 36.4 Å². The predicted molar refractivity (Wildman–Crippen MR) is 77.9 cm³/mol. The number of rotatable bonds is 4. The van der Waals surface area contributed by atoms with Crippen LogP contribution in [0.1, 0.15) is 5.56 Å². The van der Waals surface area contributed by atoms with Gasteiger partial charge in [-0.05, 0) is 29.3 Å². The van der Waals surface area contributed by atoms with Gasteiger partial charge in [-0.2, -0.15) is 0 Å². The van der Waals surface area contributed by atoms with Crippen LogP contribution in [0, 0.1) is 0 Å². The Morgan fingerprint density at radius 1 is 1.05 bits per heavy atom. The first kappa shape index (κ1) is 13.7. The fourth-order valence-electron chi connectivity index (χ4n) is 2.00. The molecule has 0 aliphatic heterocycles. The van der Waals surface area contributed by atoms with Crippen LogP contribution in [0.25, 0.3) is 11.1 Å². The van der Waals surface area contributed by atoms with Crippen LogP contribution in [-0.4, -0.2) is 14.2 Å². The van der Waals surface area contributed by atoms with E-state index in [2.05, 4.69) is 0 Å². The Kier molecular flexibility index (Phi) is 4.30. The summed E-state index contributed by atoms with van der Waals surface area (Å²) in [4.78, 5) is 0. The van der Waals surface area contributed by atoms with Crippen LogP contribution >= 0.6 is 11.6 Å². The van der Waals surface area contributed by atoms with E-state index < -0.39 is 0 Å². The number of ether oxygens (including phenoxy) is 2. The van der Waals surface area contributed by atoms with E-state index in [-0.39, 0.29) is 0 Å². The van der Waals surface area contributed by atoms with Gasteiger partial charge in [0.25, 0.3) is 0 Å². The van der Waals surface area contributed by atoms with Crippen molar-refractivity contribution in [2.24, 2.45) is 5.73 Å². The van der Waals surface area contributed by atoms with Gasteiger partial charge in [0.2, 0.25) is 0 Å². The Morgan fingerprint density at radius 3 is 2.16 bits per heavy atom. The Balaban J connectivity index is 2.60. The zero-order valence-electron chi connectivity index (χ0n) is 10.9. The third kappa shape index (κ3) is 2.67. The molecule has 0 amide bonds. The molecule has 0 aromatic heterocycles. The second-order valence-corrected chi connectivity index (χ2v) is 4.46. The molecule has 0 radical (unpaired) electrons. The standard InChI is InChI=1S/C15H16ClNO2/c1-18-13-4-3-5-14(19-2)15(13)10-6-7-11(9-17)12(16)8-10/h3-8H,9,17H2,1-2H3. The summed E-state index contributed by atoms with van der Waals surface area (Å²) in [6, 6.07) is 11.4. The molecule has 0 aliphatic rings. The van der Waals surface area contributed by atoms with Crippen LogP contribution < -0.4 is 15.2 Å². The van der Waals surface area contributed by atoms with Crippen LogP contribution in [0.3, 0.4) is 0 Å². The zero-order valence-corrected chi connectivity index (χ0v) is 11.7. The van der Waals surface area contributed by atoms with Gasteiger partial charge >= 0.3 is 0 Å². The molecule has 0 heterocycles. The van der Waals surface area contributed by atoms with Crippen molar-refractivity contribution in [3.8, 4) is 22.6 Å². The Hall–Kier alpha value is -1.71. The third-order valence-corrected chi connectivity index (χ3v) is 3.34. The lowest BCUT2D eigenvalue weighted by molar-refractivity contribution is 0.397. The van der Waals surface area contributed by atoms with Gasteiger partial charge in [-0.25, -0.2) is 0 Å². The van der Waals surface area contributed by atoms with Crippen molar-refractivity contribution in [1.29, 1.82) is 0 Å². The van der Waals surface area contributed by atoms with E-state index in [1.54, 1.807) is 14.2 Å². The number of hydrogen-bond donors (Lipinski definition) is 1. The highest BCUT2D eigenvalue weighted by Gasteiger charge is 2.13. The molecule has 0 atom stereocenters. The van der Waals surface area contributed by atoms with Gasteiger partial charge in [0.1, 0.15) is 11.5 Å². The predicted octanol–water partition coefficient (Wildman–Crippen LogP) is 3.48. The van der Waals surface area contributed by atoms with E-state index in [1.807, 2.05) is 36.4 Å². The third-order valence-electron chi connectivity index (χ3n) is 2.99. The van der Waals surface area contributed by atoms with Crippen molar-refractivity contribution >= 4 is 11.6 Å². The summed E-state index contributed by atoms with van der Waals surface area (Å²) in [5, 5.41) is 0.646. The fraction of sp³-hybridized carbons (Fsp3) is 0.200. The quantitative estimate of drug-likeness (QED) is 0.930. The van der Waals surface area contributed by atoms with Gasteiger partial charge in [0.05, 0.1) is 19.8 Å².